The van der Waals surface area contributed by atoms with Gasteiger partial charge in [-0.1, -0.05) is 31.0 Å². The molecule has 0 atom stereocenters. The van der Waals surface area contributed by atoms with Crippen molar-refractivity contribution in [2.45, 2.75) is 31.6 Å². The maximum absolute atomic E-state index is 12.5. The van der Waals surface area contributed by atoms with Crippen molar-refractivity contribution in [2.24, 2.45) is 0 Å². The van der Waals surface area contributed by atoms with Crippen molar-refractivity contribution in [3.63, 3.8) is 0 Å². The Hall–Kier alpha value is -2.54. The first-order valence-corrected chi connectivity index (χ1v) is 9.91. The Bertz CT molecular complexity index is 877. The van der Waals surface area contributed by atoms with Gasteiger partial charge in [0.25, 0.3) is 10.0 Å². The van der Waals surface area contributed by atoms with Crippen molar-refractivity contribution in [2.75, 3.05) is 23.2 Å². The lowest BCUT2D eigenvalue weighted by Gasteiger charge is -2.21. The monoisotopic (exact) mass is 376 g/mol. The molecule has 0 saturated carbocycles. The standard InChI is InChI=1S/C19H24N2O4S/c1-4-5-12-21(3)18-11-8-15(13-17(18)19(22)23)20-26(24,25)16-9-6-14(2)7-10-16/h6-11,13,20H,4-5,12H2,1-3H3,(H,22,23). The molecule has 0 aliphatic rings. The van der Waals surface area contributed by atoms with Crippen molar-refractivity contribution in [1.29, 1.82) is 0 Å². The highest BCUT2D eigenvalue weighted by Crippen LogP contribution is 2.26. The Labute approximate surface area is 154 Å². The van der Waals surface area contributed by atoms with E-state index < -0.39 is 16.0 Å². The lowest BCUT2D eigenvalue weighted by atomic mass is 10.1. The van der Waals surface area contributed by atoms with E-state index >= 15 is 0 Å². The van der Waals surface area contributed by atoms with Gasteiger partial charge in [0, 0.05) is 19.3 Å². The van der Waals surface area contributed by atoms with Crippen LogP contribution in [0.3, 0.4) is 0 Å². The second kappa shape index (κ2) is 8.23. The number of anilines is 2. The van der Waals surface area contributed by atoms with E-state index in [-0.39, 0.29) is 16.1 Å². The average molecular weight is 376 g/mol. The Kier molecular flexibility index (Phi) is 6.26. The molecule has 0 radical (unpaired) electrons. The fourth-order valence-corrected chi connectivity index (χ4v) is 3.60. The number of nitrogens with one attached hydrogen (secondary N) is 1. The summed E-state index contributed by atoms with van der Waals surface area (Å²) in [5.41, 5.74) is 1.80. The van der Waals surface area contributed by atoms with Gasteiger partial charge in [0.15, 0.2) is 0 Å². The van der Waals surface area contributed by atoms with Crippen LogP contribution in [0.15, 0.2) is 47.4 Å². The van der Waals surface area contributed by atoms with E-state index in [4.69, 9.17) is 0 Å². The van der Waals surface area contributed by atoms with E-state index in [1.54, 1.807) is 24.3 Å². The van der Waals surface area contributed by atoms with Crippen molar-refractivity contribution in [3.8, 4) is 0 Å². The minimum Gasteiger partial charge on any atom is -0.478 e. The van der Waals surface area contributed by atoms with Crippen LogP contribution in [0.2, 0.25) is 0 Å². The van der Waals surface area contributed by atoms with E-state index in [0.717, 1.165) is 24.9 Å². The first-order chi connectivity index (χ1) is 12.2. The number of sulfonamides is 1. The molecule has 2 aromatic rings. The molecular formula is C19H24N2O4S. The summed E-state index contributed by atoms with van der Waals surface area (Å²) in [5.74, 6) is -1.10. The summed E-state index contributed by atoms with van der Waals surface area (Å²) in [7, 11) is -1.95. The number of aryl methyl sites for hydroxylation is 1. The van der Waals surface area contributed by atoms with Gasteiger partial charge in [-0.05, 0) is 43.7 Å². The highest BCUT2D eigenvalue weighted by Gasteiger charge is 2.18. The molecule has 7 heteroatoms. The van der Waals surface area contributed by atoms with Crippen LogP contribution in [-0.2, 0) is 10.0 Å². The summed E-state index contributed by atoms with van der Waals surface area (Å²) in [6.07, 6.45) is 1.94. The molecule has 0 amide bonds. The van der Waals surface area contributed by atoms with Crippen LogP contribution in [0, 0.1) is 6.92 Å². The molecule has 0 aliphatic carbocycles. The smallest absolute Gasteiger partial charge is 0.337 e. The second-order valence-corrected chi connectivity index (χ2v) is 7.91. The van der Waals surface area contributed by atoms with Gasteiger partial charge in [0.05, 0.1) is 16.1 Å². The fraction of sp³-hybridized carbons (Fsp3) is 0.316. The quantitative estimate of drug-likeness (QED) is 0.733. The van der Waals surface area contributed by atoms with Gasteiger partial charge in [-0.15, -0.1) is 0 Å². The summed E-state index contributed by atoms with van der Waals surface area (Å²) in [6.45, 7) is 4.66. The Morgan fingerprint density at radius 1 is 1.15 bits per heavy atom. The van der Waals surface area contributed by atoms with Crippen molar-refractivity contribution in [1.82, 2.24) is 0 Å². The second-order valence-electron chi connectivity index (χ2n) is 6.23. The zero-order chi connectivity index (χ0) is 19.3. The molecule has 0 bridgehead atoms. The molecule has 2 rings (SSSR count). The van der Waals surface area contributed by atoms with Gasteiger partial charge < -0.3 is 10.0 Å². The molecule has 0 unspecified atom stereocenters. The van der Waals surface area contributed by atoms with Crippen molar-refractivity contribution >= 4 is 27.4 Å². The van der Waals surface area contributed by atoms with Crippen LogP contribution in [0.4, 0.5) is 11.4 Å². The Morgan fingerprint density at radius 2 is 1.81 bits per heavy atom. The first-order valence-electron chi connectivity index (χ1n) is 8.42. The Balaban J connectivity index is 2.31. The predicted octanol–water partition coefficient (Wildman–Crippen LogP) is 3.73. The van der Waals surface area contributed by atoms with Gasteiger partial charge >= 0.3 is 5.97 Å². The predicted molar refractivity (Wildman–Crippen MR) is 104 cm³/mol. The summed E-state index contributed by atoms with van der Waals surface area (Å²) in [4.78, 5) is 13.6. The highest BCUT2D eigenvalue weighted by atomic mass is 32.2. The molecule has 140 valence electrons. The molecule has 0 heterocycles. The number of carboxylic acid groups (broad SMARTS) is 1. The maximum atomic E-state index is 12.5. The van der Waals surface area contributed by atoms with Gasteiger partial charge in [-0.2, -0.15) is 0 Å². The zero-order valence-corrected chi connectivity index (χ0v) is 16.0. The fourth-order valence-electron chi connectivity index (χ4n) is 2.55. The molecule has 2 aromatic carbocycles. The largest absolute Gasteiger partial charge is 0.478 e. The minimum atomic E-state index is -3.78. The van der Waals surface area contributed by atoms with Gasteiger partial charge in [-0.3, -0.25) is 4.72 Å². The third-order valence-electron chi connectivity index (χ3n) is 4.07. The summed E-state index contributed by atoms with van der Waals surface area (Å²) < 4.78 is 27.4. The average Bonchev–Trinajstić information content (AvgIpc) is 2.59. The molecule has 0 aliphatic heterocycles. The van der Waals surface area contributed by atoms with E-state index in [2.05, 4.69) is 11.6 Å². The third kappa shape index (κ3) is 4.76. The number of unbranched alkanes of at least 4 members (excludes halogenated alkanes) is 1. The molecule has 0 fully saturated rings. The van der Waals surface area contributed by atoms with Crippen LogP contribution in [0.5, 0.6) is 0 Å². The molecular weight excluding hydrogens is 352 g/mol. The SMILES string of the molecule is CCCCN(C)c1ccc(NS(=O)(=O)c2ccc(C)cc2)cc1C(=O)O. The lowest BCUT2D eigenvalue weighted by Crippen LogP contribution is -2.21. The van der Waals surface area contributed by atoms with Crippen LogP contribution < -0.4 is 9.62 Å². The minimum absolute atomic E-state index is 0.0627. The van der Waals surface area contributed by atoms with Crippen LogP contribution in [0.1, 0.15) is 35.7 Å². The number of hydrogen-bond acceptors (Lipinski definition) is 4. The summed E-state index contributed by atoms with van der Waals surface area (Å²) in [6, 6.07) is 11.0. The highest BCUT2D eigenvalue weighted by molar-refractivity contribution is 7.92. The van der Waals surface area contributed by atoms with Gasteiger partial charge in [0.2, 0.25) is 0 Å². The normalized spacial score (nSPS) is 11.2. The molecule has 0 aromatic heterocycles. The van der Waals surface area contributed by atoms with Gasteiger partial charge in [-0.25, -0.2) is 13.2 Å². The molecule has 6 nitrogen and oxygen atoms in total. The Morgan fingerprint density at radius 3 is 2.38 bits per heavy atom. The van der Waals surface area contributed by atoms with E-state index in [1.165, 1.54) is 18.2 Å². The number of aromatic carboxylic acids is 1. The number of nitrogens with zero attached hydrogens (tertiary/aromatic N) is 1. The topological polar surface area (TPSA) is 86.7 Å². The van der Waals surface area contributed by atoms with Crippen LogP contribution >= 0.6 is 0 Å². The summed E-state index contributed by atoms with van der Waals surface area (Å²) in [5, 5.41) is 9.51. The number of carboxylic acids is 1. The lowest BCUT2D eigenvalue weighted by molar-refractivity contribution is 0.0697. The molecule has 0 spiro atoms. The van der Waals surface area contributed by atoms with Crippen molar-refractivity contribution < 1.29 is 18.3 Å². The van der Waals surface area contributed by atoms with Gasteiger partial charge in [0.1, 0.15) is 0 Å². The summed E-state index contributed by atoms with van der Waals surface area (Å²) >= 11 is 0. The zero-order valence-electron chi connectivity index (χ0n) is 15.2. The van der Waals surface area contributed by atoms with E-state index in [0.29, 0.717) is 5.69 Å². The number of hydrogen-bond donors (Lipinski definition) is 2. The number of benzene rings is 2. The number of carbonyl (C=O) groups is 1. The molecule has 0 saturated heterocycles. The third-order valence-corrected chi connectivity index (χ3v) is 5.47. The first kappa shape index (κ1) is 19.8. The van der Waals surface area contributed by atoms with Crippen LogP contribution in [-0.4, -0.2) is 33.1 Å². The van der Waals surface area contributed by atoms with Crippen molar-refractivity contribution in [3.05, 3.63) is 53.6 Å². The van der Waals surface area contributed by atoms with E-state index in [1.807, 2.05) is 18.9 Å². The van der Waals surface area contributed by atoms with E-state index in [9.17, 15) is 18.3 Å². The molecule has 26 heavy (non-hydrogen) atoms. The molecule has 2 N–H and O–H groups in total. The van der Waals surface area contributed by atoms with Crippen LogP contribution in [0.25, 0.3) is 0 Å². The maximum Gasteiger partial charge on any atom is 0.337 e. The number of rotatable bonds is 8.